The maximum atomic E-state index is 5.37. The van der Waals surface area contributed by atoms with E-state index in [2.05, 4.69) is 24.5 Å². The Hall–Kier alpha value is -0.840. The van der Waals surface area contributed by atoms with E-state index in [4.69, 9.17) is 14.2 Å². The van der Waals surface area contributed by atoms with Crippen LogP contribution in [0.15, 0.2) is 6.07 Å². The Balaban J connectivity index is 2.26. The lowest BCUT2D eigenvalue weighted by molar-refractivity contribution is -0.351. The third kappa shape index (κ3) is 2.32. The van der Waals surface area contributed by atoms with Gasteiger partial charge in [0.15, 0.2) is 0 Å². The van der Waals surface area contributed by atoms with Gasteiger partial charge in [0, 0.05) is 38.8 Å². The highest BCUT2D eigenvalue weighted by Crippen LogP contribution is 2.39. The summed E-state index contributed by atoms with van der Waals surface area (Å²) in [4.78, 5) is 0. The van der Waals surface area contributed by atoms with Crippen LogP contribution in [0.5, 0.6) is 0 Å². The molecule has 0 spiro atoms. The lowest BCUT2D eigenvalue weighted by atomic mass is 10.1. The molecule has 18 heavy (non-hydrogen) atoms. The van der Waals surface area contributed by atoms with Gasteiger partial charge in [-0.05, 0) is 38.3 Å². The number of aryl methyl sites for hydroxylation is 1. The van der Waals surface area contributed by atoms with E-state index >= 15 is 0 Å². The molecule has 1 aromatic heterocycles. The van der Waals surface area contributed by atoms with Gasteiger partial charge in [0.1, 0.15) is 0 Å². The molecule has 0 saturated heterocycles. The monoisotopic (exact) mass is 253 g/mol. The van der Waals surface area contributed by atoms with E-state index in [-0.39, 0.29) is 0 Å². The van der Waals surface area contributed by atoms with E-state index in [0.29, 0.717) is 12.5 Å². The van der Waals surface area contributed by atoms with Crippen molar-refractivity contribution >= 4 is 0 Å². The second kappa shape index (κ2) is 5.03. The van der Waals surface area contributed by atoms with Gasteiger partial charge < -0.3 is 18.8 Å². The zero-order valence-electron chi connectivity index (χ0n) is 11.9. The van der Waals surface area contributed by atoms with Crippen LogP contribution in [-0.2, 0) is 20.6 Å². The van der Waals surface area contributed by atoms with Crippen molar-refractivity contribution in [2.75, 3.05) is 21.3 Å². The Bertz CT molecular complexity index is 409. The second-order valence-corrected chi connectivity index (χ2v) is 4.97. The van der Waals surface area contributed by atoms with Crippen LogP contribution < -0.4 is 0 Å². The van der Waals surface area contributed by atoms with Crippen LogP contribution in [0, 0.1) is 13.8 Å². The molecular weight excluding hydrogens is 230 g/mol. The van der Waals surface area contributed by atoms with Gasteiger partial charge in [-0.15, -0.1) is 0 Å². The third-order valence-corrected chi connectivity index (χ3v) is 3.84. The van der Waals surface area contributed by atoms with Crippen LogP contribution in [-0.4, -0.2) is 31.9 Å². The van der Waals surface area contributed by atoms with Crippen molar-refractivity contribution < 1.29 is 14.2 Å². The average Bonchev–Trinajstić information content (AvgIpc) is 3.15. The van der Waals surface area contributed by atoms with E-state index in [1.165, 1.54) is 29.8 Å². The first-order chi connectivity index (χ1) is 8.56. The number of aromatic nitrogens is 1. The Labute approximate surface area is 109 Å². The van der Waals surface area contributed by atoms with Crippen molar-refractivity contribution in [1.82, 2.24) is 4.57 Å². The fraction of sp³-hybridized carbons (Fsp3) is 0.714. The summed E-state index contributed by atoms with van der Waals surface area (Å²) >= 11 is 0. The fourth-order valence-electron chi connectivity index (χ4n) is 2.62. The van der Waals surface area contributed by atoms with Gasteiger partial charge in [-0.1, -0.05) is 0 Å². The van der Waals surface area contributed by atoms with E-state index in [1.54, 1.807) is 21.3 Å². The lowest BCUT2D eigenvalue weighted by Crippen LogP contribution is -2.38. The standard InChI is InChI=1S/C14H23NO3/c1-10-8-12(9-14(16-3,17-4)18-5)11(2)15(10)13-6-7-13/h8,13H,6-7,9H2,1-5H3. The first-order valence-electron chi connectivity index (χ1n) is 6.39. The van der Waals surface area contributed by atoms with Gasteiger partial charge in [0.25, 0.3) is 5.97 Å². The van der Waals surface area contributed by atoms with E-state index in [0.717, 1.165) is 0 Å². The fourth-order valence-corrected chi connectivity index (χ4v) is 2.62. The molecule has 0 aromatic carbocycles. The van der Waals surface area contributed by atoms with Gasteiger partial charge in [0.05, 0.1) is 6.42 Å². The molecule has 4 nitrogen and oxygen atoms in total. The van der Waals surface area contributed by atoms with Gasteiger partial charge in [-0.3, -0.25) is 0 Å². The molecule has 1 heterocycles. The summed E-state index contributed by atoms with van der Waals surface area (Å²) in [6.07, 6.45) is 3.18. The lowest BCUT2D eigenvalue weighted by Gasteiger charge is -2.28. The van der Waals surface area contributed by atoms with Crippen molar-refractivity contribution in [3.63, 3.8) is 0 Å². The first kappa shape index (κ1) is 13.6. The van der Waals surface area contributed by atoms with Crippen LogP contribution in [0.2, 0.25) is 0 Å². The van der Waals surface area contributed by atoms with Crippen LogP contribution in [0.4, 0.5) is 0 Å². The zero-order chi connectivity index (χ0) is 13.3. The molecule has 1 fully saturated rings. The molecule has 0 aliphatic heterocycles. The van der Waals surface area contributed by atoms with Gasteiger partial charge >= 0.3 is 0 Å². The van der Waals surface area contributed by atoms with E-state index in [1.807, 2.05) is 0 Å². The van der Waals surface area contributed by atoms with Crippen LogP contribution in [0.3, 0.4) is 0 Å². The molecule has 1 aliphatic rings. The molecule has 1 saturated carbocycles. The molecule has 2 rings (SSSR count). The summed E-state index contributed by atoms with van der Waals surface area (Å²) in [6, 6.07) is 2.90. The maximum absolute atomic E-state index is 5.37. The van der Waals surface area contributed by atoms with Crippen molar-refractivity contribution in [2.45, 2.75) is 45.1 Å². The quantitative estimate of drug-likeness (QED) is 0.730. The SMILES string of the molecule is COC(Cc1cc(C)n(C2CC2)c1C)(OC)OC. The number of nitrogens with zero attached hydrogens (tertiary/aromatic N) is 1. The van der Waals surface area contributed by atoms with Crippen molar-refractivity contribution in [3.05, 3.63) is 23.0 Å². The summed E-state index contributed by atoms with van der Waals surface area (Å²) < 4.78 is 18.5. The Morgan fingerprint density at radius 1 is 1.17 bits per heavy atom. The highest BCUT2D eigenvalue weighted by Gasteiger charge is 2.33. The smallest absolute Gasteiger partial charge is 0.286 e. The average molecular weight is 253 g/mol. The van der Waals surface area contributed by atoms with Crippen molar-refractivity contribution in [2.24, 2.45) is 0 Å². The molecule has 0 N–H and O–H groups in total. The summed E-state index contributed by atoms with van der Waals surface area (Å²) in [6.45, 7) is 4.31. The predicted octanol–water partition coefficient (Wildman–Crippen LogP) is 2.58. The molecule has 1 aromatic rings. The predicted molar refractivity (Wildman–Crippen MR) is 69.6 cm³/mol. The minimum absolute atomic E-state index is 0.600. The van der Waals surface area contributed by atoms with Gasteiger partial charge in [0.2, 0.25) is 0 Å². The maximum Gasteiger partial charge on any atom is 0.286 e. The van der Waals surface area contributed by atoms with Crippen LogP contribution in [0.25, 0.3) is 0 Å². The molecule has 0 amide bonds. The Kier molecular flexibility index (Phi) is 3.80. The van der Waals surface area contributed by atoms with Crippen LogP contribution >= 0.6 is 0 Å². The molecule has 0 unspecified atom stereocenters. The van der Waals surface area contributed by atoms with E-state index in [9.17, 15) is 0 Å². The Morgan fingerprint density at radius 2 is 1.72 bits per heavy atom. The van der Waals surface area contributed by atoms with Crippen molar-refractivity contribution in [3.8, 4) is 0 Å². The highest BCUT2D eigenvalue weighted by atomic mass is 16.9. The molecule has 0 radical (unpaired) electrons. The minimum Gasteiger partial charge on any atom is -0.346 e. The zero-order valence-corrected chi connectivity index (χ0v) is 11.9. The molecule has 0 atom stereocenters. The van der Waals surface area contributed by atoms with Gasteiger partial charge in [-0.2, -0.15) is 0 Å². The molecule has 4 heteroatoms. The molecule has 102 valence electrons. The summed E-state index contributed by atoms with van der Waals surface area (Å²) in [5.41, 5.74) is 3.83. The topological polar surface area (TPSA) is 32.6 Å². The van der Waals surface area contributed by atoms with Crippen molar-refractivity contribution in [1.29, 1.82) is 0 Å². The van der Waals surface area contributed by atoms with Crippen LogP contribution in [0.1, 0.15) is 35.8 Å². The number of hydrogen-bond acceptors (Lipinski definition) is 3. The first-order valence-corrected chi connectivity index (χ1v) is 6.39. The number of ether oxygens (including phenoxy) is 3. The largest absolute Gasteiger partial charge is 0.346 e. The number of methoxy groups -OCH3 is 3. The molecular formula is C14H23NO3. The normalized spacial score (nSPS) is 16.3. The highest BCUT2D eigenvalue weighted by molar-refractivity contribution is 5.29. The summed E-state index contributed by atoms with van der Waals surface area (Å²) in [5.74, 6) is -0.979. The summed E-state index contributed by atoms with van der Waals surface area (Å²) in [7, 11) is 4.81. The number of hydrogen-bond donors (Lipinski definition) is 0. The van der Waals surface area contributed by atoms with E-state index < -0.39 is 5.97 Å². The molecule has 0 bridgehead atoms. The number of rotatable bonds is 6. The third-order valence-electron chi connectivity index (χ3n) is 3.84. The Morgan fingerprint density at radius 3 is 2.17 bits per heavy atom. The second-order valence-electron chi connectivity index (χ2n) is 4.97. The minimum atomic E-state index is -0.979. The van der Waals surface area contributed by atoms with Gasteiger partial charge in [-0.25, -0.2) is 0 Å². The summed E-state index contributed by atoms with van der Waals surface area (Å²) in [5, 5.41) is 0. The molecule has 1 aliphatic carbocycles.